The molecule has 0 spiro atoms. The zero-order chi connectivity index (χ0) is 13.9. The molecule has 1 amide bonds. The van der Waals surface area contributed by atoms with Gasteiger partial charge in [-0.15, -0.1) is 5.10 Å². The Morgan fingerprint density at radius 3 is 2.55 bits per heavy atom. The highest BCUT2D eigenvalue weighted by Gasteiger charge is 2.06. The van der Waals surface area contributed by atoms with Crippen LogP contribution < -0.4 is 5.32 Å². The first-order valence-electron chi connectivity index (χ1n) is 6.32. The van der Waals surface area contributed by atoms with Crippen LogP contribution in [0.4, 0.5) is 5.69 Å². The second-order valence-electron chi connectivity index (χ2n) is 4.54. The van der Waals surface area contributed by atoms with Gasteiger partial charge in [-0.2, -0.15) is 5.10 Å². The van der Waals surface area contributed by atoms with E-state index in [1.807, 2.05) is 48.5 Å². The van der Waals surface area contributed by atoms with Gasteiger partial charge in [-0.25, -0.2) is 0 Å². The Morgan fingerprint density at radius 2 is 1.80 bits per heavy atom. The molecule has 0 unspecified atom stereocenters. The molecule has 98 valence electrons. The highest BCUT2D eigenvalue weighted by Crippen LogP contribution is 2.26. The molecule has 4 nitrogen and oxygen atoms in total. The van der Waals surface area contributed by atoms with E-state index in [1.54, 1.807) is 6.20 Å². The Hall–Kier alpha value is -2.75. The maximum absolute atomic E-state index is 11.0. The predicted molar refractivity (Wildman–Crippen MR) is 79.3 cm³/mol. The molecule has 0 aliphatic carbocycles. The molecular weight excluding hydrogens is 250 g/mol. The SMILES string of the molecule is CC(=O)Nc1ccc(-c2nncc3ccccc23)cc1. The average Bonchev–Trinajstić information content (AvgIpc) is 2.47. The molecule has 1 N–H and O–H groups in total. The molecule has 0 saturated heterocycles. The van der Waals surface area contributed by atoms with Gasteiger partial charge in [0.1, 0.15) is 5.69 Å². The van der Waals surface area contributed by atoms with Crippen LogP contribution in [0.5, 0.6) is 0 Å². The first-order chi connectivity index (χ1) is 9.74. The first-order valence-corrected chi connectivity index (χ1v) is 6.32. The maximum atomic E-state index is 11.0. The number of fused-ring (bicyclic) bond motifs is 1. The van der Waals surface area contributed by atoms with Crippen LogP contribution in [0.1, 0.15) is 6.92 Å². The highest BCUT2D eigenvalue weighted by molar-refractivity contribution is 5.94. The molecule has 4 heteroatoms. The number of nitrogens with zero attached hydrogens (tertiary/aromatic N) is 2. The summed E-state index contributed by atoms with van der Waals surface area (Å²) < 4.78 is 0. The van der Waals surface area contributed by atoms with Gasteiger partial charge >= 0.3 is 0 Å². The third kappa shape index (κ3) is 2.36. The van der Waals surface area contributed by atoms with Gasteiger partial charge in [-0.1, -0.05) is 36.4 Å². The van der Waals surface area contributed by atoms with Gasteiger partial charge in [0.25, 0.3) is 0 Å². The van der Waals surface area contributed by atoms with Crippen molar-refractivity contribution in [2.75, 3.05) is 5.32 Å². The molecule has 0 atom stereocenters. The number of nitrogens with one attached hydrogen (secondary N) is 1. The maximum Gasteiger partial charge on any atom is 0.221 e. The van der Waals surface area contributed by atoms with Crippen LogP contribution in [0.25, 0.3) is 22.0 Å². The number of anilines is 1. The van der Waals surface area contributed by atoms with Crippen molar-refractivity contribution < 1.29 is 4.79 Å². The summed E-state index contributed by atoms with van der Waals surface area (Å²) in [5.41, 5.74) is 2.59. The van der Waals surface area contributed by atoms with Crippen LogP contribution in [0.2, 0.25) is 0 Å². The molecule has 0 fully saturated rings. The van der Waals surface area contributed by atoms with Crippen molar-refractivity contribution in [1.82, 2.24) is 10.2 Å². The van der Waals surface area contributed by atoms with Crippen LogP contribution >= 0.6 is 0 Å². The van der Waals surface area contributed by atoms with Crippen molar-refractivity contribution in [3.05, 3.63) is 54.7 Å². The molecule has 2 aromatic carbocycles. The van der Waals surface area contributed by atoms with Gasteiger partial charge in [0, 0.05) is 28.9 Å². The van der Waals surface area contributed by atoms with Crippen molar-refractivity contribution in [3.63, 3.8) is 0 Å². The van der Waals surface area contributed by atoms with E-state index in [1.165, 1.54) is 6.92 Å². The minimum atomic E-state index is -0.0808. The number of aromatic nitrogens is 2. The summed E-state index contributed by atoms with van der Waals surface area (Å²) in [6.45, 7) is 1.49. The fourth-order valence-electron chi connectivity index (χ4n) is 2.16. The van der Waals surface area contributed by atoms with Crippen molar-refractivity contribution in [1.29, 1.82) is 0 Å². The summed E-state index contributed by atoms with van der Waals surface area (Å²) in [4.78, 5) is 11.0. The molecule has 0 aliphatic rings. The third-order valence-electron chi connectivity index (χ3n) is 3.05. The van der Waals surface area contributed by atoms with Crippen molar-refractivity contribution in [2.24, 2.45) is 0 Å². The van der Waals surface area contributed by atoms with Crippen LogP contribution in [0, 0.1) is 0 Å². The highest BCUT2D eigenvalue weighted by atomic mass is 16.1. The summed E-state index contributed by atoms with van der Waals surface area (Å²) in [6.07, 6.45) is 1.75. The molecular formula is C16H13N3O. The number of rotatable bonds is 2. The van der Waals surface area contributed by atoms with Crippen LogP contribution in [0.15, 0.2) is 54.7 Å². The van der Waals surface area contributed by atoms with Gasteiger partial charge in [0.15, 0.2) is 0 Å². The summed E-state index contributed by atoms with van der Waals surface area (Å²) >= 11 is 0. The number of hydrogen-bond donors (Lipinski definition) is 1. The van der Waals surface area contributed by atoms with E-state index in [0.717, 1.165) is 27.7 Å². The standard InChI is InChI=1S/C16H13N3O/c1-11(20)18-14-8-6-12(7-9-14)16-15-5-3-2-4-13(15)10-17-19-16/h2-10H,1H3,(H,18,20). The van der Waals surface area contributed by atoms with E-state index in [-0.39, 0.29) is 5.91 Å². The largest absolute Gasteiger partial charge is 0.326 e. The number of benzene rings is 2. The van der Waals surface area contributed by atoms with Crippen molar-refractivity contribution in [3.8, 4) is 11.3 Å². The zero-order valence-corrected chi connectivity index (χ0v) is 11.0. The monoisotopic (exact) mass is 263 g/mol. The molecule has 1 heterocycles. The minimum Gasteiger partial charge on any atom is -0.326 e. The zero-order valence-electron chi connectivity index (χ0n) is 11.0. The summed E-state index contributed by atoms with van der Waals surface area (Å²) in [6, 6.07) is 15.6. The van der Waals surface area contributed by atoms with E-state index in [9.17, 15) is 4.79 Å². The fourth-order valence-corrected chi connectivity index (χ4v) is 2.16. The Balaban J connectivity index is 2.05. The predicted octanol–water partition coefficient (Wildman–Crippen LogP) is 3.26. The number of carbonyl (C=O) groups is 1. The lowest BCUT2D eigenvalue weighted by Crippen LogP contribution is -2.05. The quantitative estimate of drug-likeness (QED) is 0.772. The number of amides is 1. The first kappa shape index (κ1) is 12.3. The second kappa shape index (κ2) is 5.09. The second-order valence-corrected chi connectivity index (χ2v) is 4.54. The average molecular weight is 263 g/mol. The van der Waals surface area contributed by atoms with E-state index < -0.39 is 0 Å². The minimum absolute atomic E-state index is 0.0808. The lowest BCUT2D eigenvalue weighted by molar-refractivity contribution is -0.114. The van der Waals surface area contributed by atoms with E-state index in [0.29, 0.717) is 0 Å². The van der Waals surface area contributed by atoms with Gasteiger partial charge in [-0.05, 0) is 12.1 Å². The van der Waals surface area contributed by atoms with Gasteiger partial charge in [0.2, 0.25) is 5.91 Å². The Labute approximate surface area is 116 Å². The normalized spacial score (nSPS) is 10.4. The smallest absolute Gasteiger partial charge is 0.221 e. The Kier molecular flexibility index (Phi) is 3.13. The molecule has 3 aromatic rings. The summed E-state index contributed by atoms with van der Waals surface area (Å²) in [5, 5.41) is 13.1. The lowest BCUT2D eigenvalue weighted by Gasteiger charge is -2.06. The van der Waals surface area contributed by atoms with Gasteiger partial charge in [-0.3, -0.25) is 4.79 Å². The van der Waals surface area contributed by atoms with E-state index >= 15 is 0 Å². The fraction of sp³-hybridized carbons (Fsp3) is 0.0625. The van der Waals surface area contributed by atoms with Gasteiger partial charge in [0.05, 0.1) is 6.20 Å². The Bertz CT molecular complexity index is 761. The molecule has 0 aliphatic heterocycles. The molecule has 0 saturated carbocycles. The third-order valence-corrected chi connectivity index (χ3v) is 3.05. The lowest BCUT2D eigenvalue weighted by atomic mass is 10.1. The van der Waals surface area contributed by atoms with Crippen LogP contribution in [-0.2, 0) is 4.79 Å². The van der Waals surface area contributed by atoms with Gasteiger partial charge < -0.3 is 5.32 Å². The van der Waals surface area contributed by atoms with Crippen molar-refractivity contribution >= 4 is 22.4 Å². The molecule has 1 aromatic heterocycles. The Morgan fingerprint density at radius 1 is 1.05 bits per heavy atom. The topological polar surface area (TPSA) is 54.9 Å². The number of carbonyl (C=O) groups excluding carboxylic acids is 1. The summed E-state index contributed by atoms with van der Waals surface area (Å²) in [5.74, 6) is -0.0808. The van der Waals surface area contributed by atoms with E-state index in [2.05, 4.69) is 15.5 Å². The van der Waals surface area contributed by atoms with Crippen LogP contribution in [-0.4, -0.2) is 16.1 Å². The van der Waals surface area contributed by atoms with Crippen LogP contribution in [0.3, 0.4) is 0 Å². The molecule has 3 rings (SSSR count). The summed E-state index contributed by atoms with van der Waals surface area (Å²) in [7, 11) is 0. The molecule has 20 heavy (non-hydrogen) atoms. The molecule has 0 radical (unpaired) electrons. The van der Waals surface area contributed by atoms with Crippen molar-refractivity contribution in [2.45, 2.75) is 6.92 Å². The van der Waals surface area contributed by atoms with E-state index in [4.69, 9.17) is 0 Å². The number of hydrogen-bond acceptors (Lipinski definition) is 3. The molecule has 0 bridgehead atoms.